The van der Waals surface area contributed by atoms with Gasteiger partial charge in [-0.1, -0.05) is 53.0 Å². The fourth-order valence-corrected chi connectivity index (χ4v) is 5.15. The van der Waals surface area contributed by atoms with E-state index in [0.717, 1.165) is 11.1 Å². The van der Waals surface area contributed by atoms with Crippen molar-refractivity contribution in [2.45, 2.75) is 18.2 Å². The number of nitrogens with zero attached hydrogens (tertiary/aromatic N) is 2. The highest BCUT2D eigenvalue weighted by molar-refractivity contribution is 7.89. The molecule has 144 valence electrons. The van der Waals surface area contributed by atoms with Gasteiger partial charge in [-0.15, -0.1) is 0 Å². The molecule has 2 aromatic rings. The Morgan fingerprint density at radius 1 is 0.963 bits per heavy atom. The van der Waals surface area contributed by atoms with Crippen LogP contribution in [0.5, 0.6) is 0 Å². The Kier molecular flexibility index (Phi) is 6.11. The van der Waals surface area contributed by atoms with Crippen LogP contribution in [0.15, 0.2) is 47.4 Å². The maximum absolute atomic E-state index is 12.8. The highest BCUT2D eigenvalue weighted by atomic mass is 35.5. The average molecular weight is 427 g/mol. The Balaban J connectivity index is 1.64. The summed E-state index contributed by atoms with van der Waals surface area (Å²) in [6.45, 7) is 3.20. The maximum Gasteiger partial charge on any atom is 0.243 e. The van der Waals surface area contributed by atoms with Crippen molar-refractivity contribution < 1.29 is 13.2 Å². The van der Waals surface area contributed by atoms with Crippen LogP contribution in [0.3, 0.4) is 0 Å². The fourth-order valence-electron chi connectivity index (χ4n) is 3.00. The highest BCUT2D eigenvalue weighted by Gasteiger charge is 2.30. The van der Waals surface area contributed by atoms with Gasteiger partial charge in [0.05, 0.1) is 11.3 Å². The Morgan fingerprint density at radius 3 is 2.07 bits per heavy atom. The number of carbonyl (C=O) groups excluding carboxylic acids is 1. The van der Waals surface area contributed by atoms with Gasteiger partial charge in [-0.3, -0.25) is 4.79 Å². The summed E-state index contributed by atoms with van der Waals surface area (Å²) < 4.78 is 27.0. The van der Waals surface area contributed by atoms with E-state index in [1.165, 1.54) is 22.5 Å². The molecular weight excluding hydrogens is 407 g/mol. The van der Waals surface area contributed by atoms with Crippen LogP contribution in [0.4, 0.5) is 0 Å². The number of rotatable bonds is 4. The summed E-state index contributed by atoms with van der Waals surface area (Å²) in [5.74, 6) is 0.00158. The van der Waals surface area contributed by atoms with E-state index in [1.54, 1.807) is 4.90 Å². The van der Waals surface area contributed by atoms with E-state index in [0.29, 0.717) is 19.5 Å². The van der Waals surface area contributed by atoms with Gasteiger partial charge >= 0.3 is 0 Å². The summed E-state index contributed by atoms with van der Waals surface area (Å²) in [6, 6.07) is 12.1. The average Bonchev–Trinajstić information content (AvgIpc) is 2.63. The van der Waals surface area contributed by atoms with Gasteiger partial charge in [0.25, 0.3) is 0 Å². The van der Waals surface area contributed by atoms with Gasteiger partial charge in [0, 0.05) is 36.2 Å². The molecule has 0 bridgehead atoms. The zero-order valence-electron chi connectivity index (χ0n) is 14.9. The molecule has 0 aliphatic carbocycles. The summed E-state index contributed by atoms with van der Waals surface area (Å²) in [5, 5.41) is 0.543. The molecule has 0 N–H and O–H groups in total. The number of benzene rings is 2. The summed E-state index contributed by atoms with van der Waals surface area (Å²) in [7, 11) is -3.69. The standard InChI is InChI=1S/C19H20Cl2N2O3S/c1-14-2-4-15(5-3-14)10-19(24)22-6-8-23(9-7-22)27(25,26)18-12-16(20)11-17(21)13-18/h2-5,11-13H,6-10H2,1H3. The molecule has 8 heteroatoms. The number of aryl methyl sites for hydroxylation is 1. The summed E-state index contributed by atoms with van der Waals surface area (Å²) in [5.41, 5.74) is 2.10. The van der Waals surface area contributed by atoms with Gasteiger partial charge in [0.2, 0.25) is 15.9 Å². The van der Waals surface area contributed by atoms with Crippen LogP contribution in [0.25, 0.3) is 0 Å². The lowest BCUT2D eigenvalue weighted by molar-refractivity contribution is -0.131. The molecule has 1 saturated heterocycles. The Bertz CT molecular complexity index is 918. The molecule has 27 heavy (non-hydrogen) atoms. The molecule has 5 nitrogen and oxygen atoms in total. The molecule has 1 heterocycles. The predicted molar refractivity (Wildman–Crippen MR) is 107 cm³/mol. The highest BCUT2D eigenvalue weighted by Crippen LogP contribution is 2.25. The largest absolute Gasteiger partial charge is 0.340 e. The lowest BCUT2D eigenvalue weighted by atomic mass is 10.1. The second kappa shape index (κ2) is 8.19. The van der Waals surface area contributed by atoms with E-state index in [4.69, 9.17) is 23.2 Å². The van der Waals surface area contributed by atoms with Crippen LogP contribution >= 0.6 is 23.2 Å². The number of amides is 1. The molecule has 0 spiro atoms. The summed E-state index contributed by atoms with van der Waals surface area (Å²) in [6.07, 6.45) is 0.316. The van der Waals surface area contributed by atoms with Gasteiger partial charge in [0.15, 0.2) is 0 Å². The quantitative estimate of drug-likeness (QED) is 0.752. The van der Waals surface area contributed by atoms with Crippen molar-refractivity contribution in [3.05, 3.63) is 63.6 Å². The van der Waals surface area contributed by atoms with E-state index < -0.39 is 10.0 Å². The molecule has 1 aliphatic rings. The van der Waals surface area contributed by atoms with E-state index in [2.05, 4.69) is 0 Å². The van der Waals surface area contributed by atoms with Crippen molar-refractivity contribution in [1.82, 2.24) is 9.21 Å². The topological polar surface area (TPSA) is 57.7 Å². The van der Waals surface area contributed by atoms with Crippen LogP contribution in [-0.4, -0.2) is 49.7 Å². The van der Waals surface area contributed by atoms with Crippen molar-refractivity contribution in [2.75, 3.05) is 26.2 Å². The van der Waals surface area contributed by atoms with Crippen molar-refractivity contribution in [3.63, 3.8) is 0 Å². The number of sulfonamides is 1. The van der Waals surface area contributed by atoms with E-state index >= 15 is 0 Å². The van der Waals surface area contributed by atoms with E-state index in [-0.39, 0.29) is 33.9 Å². The van der Waals surface area contributed by atoms with Crippen LogP contribution in [-0.2, 0) is 21.2 Å². The molecule has 0 radical (unpaired) electrons. The molecule has 1 aliphatic heterocycles. The van der Waals surface area contributed by atoms with Gasteiger partial charge in [0.1, 0.15) is 0 Å². The predicted octanol–water partition coefficient (Wildman–Crippen LogP) is 3.38. The minimum absolute atomic E-state index is 0.00158. The monoisotopic (exact) mass is 426 g/mol. The molecule has 1 amide bonds. The molecular formula is C19H20Cl2N2O3S. The SMILES string of the molecule is Cc1ccc(CC(=O)N2CCN(S(=O)(=O)c3cc(Cl)cc(Cl)c3)CC2)cc1. The maximum atomic E-state index is 12.8. The van der Waals surface area contributed by atoms with E-state index in [9.17, 15) is 13.2 Å². The van der Waals surface area contributed by atoms with Crippen LogP contribution in [0.2, 0.25) is 10.0 Å². The number of hydrogen-bond donors (Lipinski definition) is 0. The van der Waals surface area contributed by atoms with Crippen molar-refractivity contribution in [1.29, 1.82) is 0 Å². The molecule has 0 atom stereocenters. The summed E-state index contributed by atoms with van der Waals surface area (Å²) >= 11 is 11.9. The molecule has 0 aromatic heterocycles. The van der Waals surface area contributed by atoms with Gasteiger partial charge in [-0.05, 0) is 30.7 Å². The smallest absolute Gasteiger partial charge is 0.243 e. The zero-order valence-corrected chi connectivity index (χ0v) is 17.2. The summed E-state index contributed by atoms with van der Waals surface area (Å²) in [4.78, 5) is 14.3. The Labute approximate surface area is 169 Å². The minimum atomic E-state index is -3.69. The molecule has 3 rings (SSSR count). The molecule has 1 fully saturated rings. The number of carbonyl (C=O) groups is 1. The van der Waals surface area contributed by atoms with Gasteiger partial charge in [-0.25, -0.2) is 8.42 Å². The lowest BCUT2D eigenvalue weighted by Gasteiger charge is -2.34. The normalized spacial score (nSPS) is 15.7. The second-order valence-electron chi connectivity index (χ2n) is 6.55. The van der Waals surface area contributed by atoms with Crippen LogP contribution in [0.1, 0.15) is 11.1 Å². The second-order valence-corrected chi connectivity index (χ2v) is 9.36. The number of hydrogen-bond acceptors (Lipinski definition) is 3. The minimum Gasteiger partial charge on any atom is -0.340 e. The van der Waals surface area contributed by atoms with Crippen molar-refractivity contribution in [3.8, 4) is 0 Å². The molecule has 2 aromatic carbocycles. The third-order valence-electron chi connectivity index (χ3n) is 4.54. The lowest BCUT2D eigenvalue weighted by Crippen LogP contribution is -2.50. The van der Waals surface area contributed by atoms with Crippen molar-refractivity contribution >= 4 is 39.1 Å². The zero-order chi connectivity index (χ0) is 19.6. The Morgan fingerprint density at radius 2 is 1.52 bits per heavy atom. The van der Waals surface area contributed by atoms with Crippen LogP contribution in [0, 0.1) is 6.92 Å². The number of piperazine rings is 1. The van der Waals surface area contributed by atoms with E-state index in [1.807, 2.05) is 31.2 Å². The number of halogens is 2. The fraction of sp³-hybridized carbons (Fsp3) is 0.316. The first-order chi connectivity index (χ1) is 12.8. The van der Waals surface area contributed by atoms with Crippen molar-refractivity contribution in [2.24, 2.45) is 0 Å². The first-order valence-corrected chi connectivity index (χ1v) is 10.7. The third-order valence-corrected chi connectivity index (χ3v) is 6.85. The first kappa shape index (κ1) is 20.1. The third kappa shape index (κ3) is 4.82. The molecule has 0 saturated carbocycles. The van der Waals surface area contributed by atoms with Gasteiger partial charge < -0.3 is 4.90 Å². The van der Waals surface area contributed by atoms with Crippen LogP contribution < -0.4 is 0 Å². The first-order valence-electron chi connectivity index (χ1n) is 8.55. The molecule has 0 unspecified atom stereocenters. The Hall–Kier alpha value is -1.60. The van der Waals surface area contributed by atoms with Gasteiger partial charge in [-0.2, -0.15) is 4.31 Å².